The summed E-state index contributed by atoms with van der Waals surface area (Å²) < 4.78 is 19.2. The van der Waals surface area contributed by atoms with E-state index < -0.39 is 11.8 Å². The van der Waals surface area contributed by atoms with Crippen LogP contribution in [0.15, 0.2) is 30.3 Å². The lowest BCUT2D eigenvalue weighted by Crippen LogP contribution is -2.34. The molecule has 0 spiro atoms. The minimum Gasteiger partial charge on any atom is -0.445 e. The van der Waals surface area contributed by atoms with Crippen molar-refractivity contribution in [3.8, 4) is 0 Å². The standard InChI is InChI=1S/C14H18FNO3/c15-14(7-9-17)6-8-16(11-14)13(18)19-10-12-4-2-1-3-5-12/h1-5,17H,6-11H2. The second-order valence-electron chi connectivity index (χ2n) is 4.84. The van der Waals surface area contributed by atoms with Crippen LogP contribution in [0.1, 0.15) is 18.4 Å². The van der Waals surface area contributed by atoms with Crippen molar-refractivity contribution >= 4 is 6.09 Å². The number of rotatable bonds is 4. The molecule has 0 aromatic heterocycles. The molecule has 1 saturated heterocycles. The van der Waals surface area contributed by atoms with Crippen molar-refractivity contribution in [3.63, 3.8) is 0 Å². The van der Waals surface area contributed by atoms with Crippen LogP contribution in [-0.2, 0) is 11.3 Å². The highest BCUT2D eigenvalue weighted by molar-refractivity contribution is 5.68. The van der Waals surface area contributed by atoms with E-state index in [2.05, 4.69) is 0 Å². The molecule has 1 amide bonds. The fourth-order valence-electron chi connectivity index (χ4n) is 2.21. The quantitative estimate of drug-likeness (QED) is 0.909. The number of amides is 1. The highest BCUT2D eigenvalue weighted by Gasteiger charge is 2.40. The molecular weight excluding hydrogens is 249 g/mol. The van der Waals surface area contributed by atoms with E-state index >= 15 is 0 Å². The third-order valence-electron chi connectivity index (χ3n) is 3.33. The fourth-order valence-corrected chi connectivity index (χ4v) is 2.21. The lowest BCUT2D eigenvalue weighted by Gasteiger charge is -2.19. The Balaban J connectivity index is 1.82. The van der Waals surface area contributed by atoms with Gasteiger partial charge in [-0.1, -0.05) is 30.3 Å². The van der Waals surface area contributed by atoms with E-state index in [4.69, 9.17) is 9.84 Å². The molecule has 1 fully saturated rings. The molecule has 1 atom stereocenters. The van der Waals surface area contributed by atoms with Crippen molar-refractivity contribution in [2.45, 2.75) is 25.1 Å². The number of carbonyl (C=O) groups excluding carboxylic acids is 1. The fraction of sp³-hybridized carbons (Fsp3) is 0.500. The van der Waals surface area contributed by atoms with Gasteiger partial charge in [-0.15, -0.1) is 0 Å². The predicted molar refractivity (Wildman–Crippen MR) is 68.4 cm³/mol. The largest absolute Gasteiger partial charge is 0.445 e. The summed E-state index contributed by atoms with van der Waals surface area (Å²) in [6.45, 7) is 0.324. The molecule has 1 unspecified atom stereocenters. The SMILES string of the molecule is O=C(OCc1ccccc1)N1CCC(F)(CCO)C1. The van der Waals surface area contributed by atoms with E-state index in [0.717, 1.165) is 5.56 Å². The van der Waals surface area contributed by atoms with Crippen molar-refractivity contribution in [2.75, 3.05) is 19.7 Å². The van der Waals surface area contributed by atoms with Crippen LogP contribution in [0.2, 0.25) is 0 Å². The number of ether oxygens (including phenoxy) is 1. The Bertz CT molecular complexity index is 426. The van der Waals surface area contributed by atoms with Crippen LogP contribution in [0.4, 0.5) is 9.18 Å². The number of halogens is 1. The van der Waals surface area contributed by atoms with Gasteiger partial charge in [0.2, 0.25) is 0 Å². The van der Waals surface area contributed by atoms with Crippen LogP contribution in [0.3, 0.4) is 0 Å². The number of benzene rings is 1. The minimum absolute atomic E-state index is 0.00117. The molecule has 1 aliphatic heterocycles. The zero-order valence-electron chi connectivity index (χ0n) is 10.7. The third-order valence-corrected chi connectivity index (χ3v) is 3.33. The van der Waals surface area contributed by atoms with Crippen molar-refractivity contribution in [2.24, 2.45) is 0 Å². The van der Waals surface area contributed by atoms with Gasteiger partial charge in [-0.25, -0.2) is 9.18 Å². The molecule has 4 nitrogen and oxygen atoms in total. The lowest BCUT2D eigenvalue weighted by atomic mass is 10.0. The van der Waals surface area contributed by atoms with E-state index in [1.165, 1.54) is 4.90 Å². The smallest absolute Gasteiger partial charge is 0.410 e. The highest BCUT2D eigenvalue weighted by atomic mass is 19.1. The second kappa shape index (κ2) is 6.02. The first-order valence-corrected chi connectivity index (χ1v) is 6.38. The van der Waals surface area contributed by atoms with Gasteiger partial charge in [0.1, 0.15) is 12.3 Å². The minimum atomic E-state index is -1.47. The van der Waals surface area contributed by atoms with Crippen LogP contribution in [0.5, 0.6) is 0 Å². The van der Waals surface area contributed by atoms with Gasteiger partial charge in [-0.3, -0.25) is 0 Å². The molecule has 1 N–H and O–H groups in total. The zero-order chi connectivity index (χ0) is 13.7. The van der Waals surface area contributed by atoms with Gasteiger partial charge in [0.15, 0.2) is 0 Å². The van der Waals surface area contributed by atoms with Crippen molar-refractivity contribution in [1.29, 1.82) is 0 Å². The van der Waals surface area contributed by atoms with Crippen LogP contribution < -0.4 is 0 Å². The first-order valence-electron chi connectivity index (χ1n) is 6.38. The van der Waals surface area contributed by atoms with Crippen molar-refractivity contribution in [1.82, 2.24) is 4.90 Å². The number of aliphatic hydroxyl groups is 1. The van der Waals surface area contributed by atoms with Crippen LogP contribution in [-0.4, -0.2) is 41.5 Å². The number of hydrogen-bond donors (Lipinski definition) is 1. The first-order chi connectivity index (χ1) is 9.13. The van der Waals surface area contributed by atoms with Gasteiger partial charge < -0.3 is 14.7 Å². The summed E-state index contributed by atoms with van der Waals surface area (Å²) >= 11 is 0. The molecule has 5 heteroatoms. The number of aliphatic hydroxyl groups excluding tert-OH is 1. The predicted octanol–water partition coefficient (Wildman–Crippen LogP) is 2.12. The summed E-state index contributed by atoms with van der Waals surface area (Å²) in [7, 11) is 0. The Hall–Kier alpha value is -1.62. The number of alkyl halides is 1. The molecule has 1 aromatic carbocycles. The summed E-state index contributed by atoms with van der Waals surface area (Å²) in [6, 6.07) is 9.35. The maximum Gasteiger partial charge on any atom is 0.410 e. The number of carbonyl (C=O) groups is 1. The van der Waals surface area contributed by atoms with Crippen LogP contribution in [0.25, 0.3) is 0 Å². The molecule has 0 aliphatic carbocycles. The Morgan fingerprint density at radius 1 is 1.42 bits per heavy atom. The zero-order valence-corrected chi connectivity index (χ0v) is 10.7. The van der Waals surface area contributed by atoms with Gasteiger partial charge in [0.05, 0.1) is 6.54 Å². The molecule has 0 radical (unpaired) electrons. The number of nitrogens with zero attached hydrogens (tertiary/aromatic N) is 1. The third kappa shape index (κ3) is 3.67. The van der Waals surface area contributed by atoms with Gasteiger partial charge in [-0.2, -0.15) is 0 Å². The normalized spacial score (nSPS) is 22.5. The molecule has 1 aliphatic rings. The van der Waals surface area contributed by atoms with Gasteiger partial charge >= 0.3 is 6.09 Å². The lowest BCUT2D eigenvalue weighted by molar-refractivity contribution is 0.0863. The maximum atomic E-state index is 14.1. The maximum absolute atomic E-state index is 14.1. The summed E-state index contributed by atoms with van der Waals surface area (Å²) in [5.74, 6) is 0. The summed E-state index contributed by atoms with van der Waals surface area (Å²) in [4.78, 5) is 13.1. The average molecular weight is 267 g/mol. The van der Waals surface area contributed by atoms with E-state index in [1.54, 1.807) is 0 Å². The van der Waals surface area contributed by atoms with E-state index in [-0.39, 0.29) is 32.6 Å². The highest BCUT2D eigenvalue weighted by Crippen LogP contribution is 2.29. The topological polar surface area (TPSA) is 49.8 Å². The van der Waals surface area contributed by atoms with Gasteiger partial charge in [0, 0.05) is 26.0 Å². The van der Waals surface area contributed by atoms with E-state index in [9.17, 15) is 9.18 Å². The van der Waals surface area contributed by atoms with Crippen molar-refractivity contribution in [3.05, 3.63) is 35.9 Å². The van der Waals surface area contributed by atoms with E-state index in [1.807, 2.05) is 30.3 Å². The molecule has 1 heterocycles. The molecule has 104 valence electrons. The number of hydrogen-bond acceptors (Lipinski definition) is 3. The number of likely N-dealkylation sites (tertiary alicyclic amines) is 1. The monoisotopic (exact) mass is 267 g/mol. The molecule has 0 saturated carbocycles. The molecule has 0 bridgehead atoms. The summed E-state index contributed by atoms with van der Waals surface area (Å²) in [6.07, 6.45) is -0.176. The Kier molecular flexibility index (Phi) is 4.37. The Morgan fingerprint density at radius 3 is 2.84 bits per heavy atom. The van der Waals surface area contributed by atoms with Crippen LogP contribution in [0, 0.1) is 0 Å². The summed E-state index contributed by atoms with van der Waals surface area (Å²) in [5.41, 5.74) is -0.572. The van der Waals surface area contributed by atoms with Gasteiger partial charge in [0.25, 0.3) is 0 Å². The molecule has 1 aromatic rings. The Morgan fingerprint density at radius 2 is 2.16 bits per heavy atom. The Labute approximate surface area is 111 Å². The average Bonchev–Trinajstić information content (AvgIpc) is 2.80. The first kappa shape index (κ1) is 13.8. The molecule has 19 heavy (non-hydrogen) atoms. The van der Waals surface area contributed by atoms with E-state index in [0.29, 0.717) is 6.54 Å². The second-order valence-corrected chi connectivity index (χ2v) is 4.84. The molecular formula is C14H18FNO3. The van der Waals surface area contributed by atoms with Crippen LogP contribution >= 0.6 is 0 Å². The summed E-state index contributed by atoms with van der Waals surface area (Å²) in [5, 5.41) is 8.79. The van der Waals surface area contributed by atoms with Gasteiger partial charge in [-0.05, 0) is 5.56 Å². The molecule has 2 rings (SSSR count). The van der Waals surface area contributed by atoms with Crippen molar-refractivity contribution < 1.29 is 19.0 Å².